The monoisotopic (exact) mass is 395 g/mol. The van der Waals surface area contributed by atoms with Crippen LogP contribution in [-0.2, 0) is 4.79 Å². The van der Waals surface area contributed by atoms with E-state index in [0.29, 0.717) is 22.3 Å². The molecule has 0 fully saturated rings. The number of hydrogen-bond acceptors (Lipinski definition) is 4. The van der Waals surface area contributed by atoms with Crippen molar-refractivity contribution < 1.29 is 9.53 Å². The number of nitrogens with zero attached hydrogens (tertiary/aromatic N) is 2. The Balaban J connectivity index is 1.57. The Kier molecular flexibility index (Phi) is 5.96. The molecule has 0 radical (unpaired) electrons. The third-order valence-electron chi connectivity index (χ3n) is 3.52. The SMILES string of the molecule is O=C(COc1ccc(Cl)cc1Cl)NC[C@H](c1ccsc1)n1cccn1. The highest BCUT2D eigenvalue weighted by molar-refractivity contribution is 7.08. The lowest BCUT2D eigenvalue weighted by Gasteiger charge is -2.17. The molecule has 0 saturated heterocycles. The number of benzene rings is 1. The van der Waals surface area contributed by atoms with Crippen molar-refractivity contribution in [3.63, 3.8) is 0 Å². The maximum Gasteiger partial charge on any atom is 0.258 e. The molecule has 0 spiro atoms. The van der Waals surface area contributed by atoms with E-state index in [2.05, 4.69) is 10.4 Å². The molecule has 1 amide bonds. The van der Waals surface area contributed by atoms with Gasteiger partial charge >= 0.3 is 0 Å². The van der Waals surface area contributed by atoms with Crippen molar-refractivity contribution in [1.29, 1.82) is 0 Å². The Morgan fingerprint density at radius 1 is 1.36 bits per heavy atom. The van der Waals surface area contributed by atoms with Crippen molar-refractivity contribution >= 4 is 40.4 Å². The minimum atomic E-state index is -0.238. The first-order valence-electron chi connectivity index (χ1n) is 7.49. The third kappa shape index (κ3) is 4.75. The van der Waals surface area contributed by atoms with Crippen molar-refractivity contribution in [3.8, 4) is 5.75 Å². The molecule has 1 N–H and O–H groups in total. The van der Waals surface area contributed by atoms with Crippen LogP contribution in [0.2, 0.25) is 10.0 Å². The zero-order chi connectivity index (χ0) is 17.6. The van der Waals surface area contributed by atoms with Crippen LogP contribution in [0.1, 0.15) is 11.6 Å². The van der Waals surface area contributed by atoms with E-state index in [1.165, 1.54) is 0 Å². The fourth-order valence-corrected chi connectivity index (χ4v) is 3.46. The van der Waals surface area contributed by atoms with Crippen LogP contribution in [0.3, 0.4) is 0 Å². The smallest absolute Gasteiger partial charge is 0.258 e. The van der Waals surface area contributed by atoms with Crippen molar-refractivity contribution in [2.75, 3.05) is 13.2 Å². The zero-order valence-corrected chi connectivity index (χ0v) is 15.4. The van der Waals surface area contributed by atoms with E-state index in [-0.39, 0.29) is 18.6 Å². The maximum atomic E-state index is 12.1. The van der Waals surface area contributed by atoms with Gasteiger partial charge in [0.25, 0.3) is 5.91 Å². The first-order chi connectivity index (χ1) is 12.1. The average molecular weight is 396 g/mol. The van der Waals surface area contributed by atoms with Crippen LogP contribution in [-0.4, -0.2) is 28.8 Å². The summed E-state index contributed by atoms with van der Waals surface area (Å²) in [6.45, 7) is 0.284. The molecule has 0 saturated carbocycles. The number of ether oxygens (including phenoxy) is 1. The van der Waals surface area contributed by atoms with E-state index in [4.69, 9.17) is 27.9 Å². The zero-order valence-electron chi connectivity index (χ0n) is 13.1. The molecule has 5 nitrogen and oxygen atoms in total. The molecule has 3 aromatic rings. The normalized spacial score (nSPS) is 11.9. The molecule has 0 aliphatic heterocycles. The number of amides is 1. The summed E-state index contributed by atoms with van der Waals surface area (Å²) in [5.41, 5.74) is 1.09. The third-order valence-corrected chi connectivity index (χ3v) is 4.75. The number of carbonyl (C=O) groups excluding carboxylic acids is 1. The van der Waals surface area contributed by atoms with Crippen LogP contribution in [0.5, 0.6) is 5.75 Å². The van der Waals surface area contributed by atoms with E-state index in [1.54, 1.807) is 35.7 Å². The van der Waals surface area contributed by atoms with Gasteiger partial charge in [0.05, 0.1) is 11.1 Å². The molecule has 1 aromatic carbocycles. The number of aromatic nitrogens is 2. The summed E-state index contributed by atoms with van der Waals surface area (Å²) in [6.07, 6.45) is 3.59. The van der Waals surface area contributed by atoms with Gasteiger partial charge in [-0.25, -0.2) is 0 Å². The van der Waals surface area contributed by atoms with E-state index in [9.17, 15) is 4.79 Å². The summed E-state index contributed by atoms with van der Waals surface area (Å²) < 4.78 is 7.26. The number of carbonyl (C=O) groups is 1. The van der Waals surface area contributed by atoms with Gasteiger partial charge in [0, 0.05) is 24.0 Å². The van der Waals surface area contributed by atoms with Gasteiger partial charge in [0.2, 0.25) is 0 Å². The summed E-state index contributed by atoms with van der Waals surface area (Å²) in [7, 11) is 0. The fraction of sp³-hybridized carbons (Fsp3) is 0.176. The van der Waals surface area contributed by atoms with Crippen molar-refractivity contribution in [2.24, 2.45) is 0 Å². The highest BCUT2D eigenvalue weighted by Gasteiger charge is 2.16. The van der Waals surface area contributed by atoms with Crippen LogP contribution in [0.4, 0.5) is 0 Å². The van der Waals surface area contributed by atoms with Gasteiger partial charge in [-0.2, -0.15) is 16.4 Å². The van der Waals surface area contributed by atoms with E-state index < -0.39 is 0 Å². The lowest BCUT2D eigenvalue weighted by Crippen LogP contribution is -2.34. The summed E-state index contributed by atoms with van der Waals surface area (Å²) in [5.74, 6) is 0.182. The van der Waals surface area contributed by atoms with Crippen LogP contribution >= 0.6 is 34.5 Å². The molecule has 25 heavy (non-hydrogen) atoms. The Morgan fingerprint density at radius 2 is 2.24 bits per heavy atom. The first-order valence-corrected chi connectivity index (χ1v) is 9.19. The Morgan fingerprint density at radius 3 is 2.92 bits per heavy atom. The quantitative estimate of drug-likeness (QED) is 0.656. The summed E-state index contributed by atoms with van der Waals surface area (Å²) in [5, 5.41) is 12.1. The largest absolute Gasteiger partial charge is 0.482 e. The van der Waals surface area contributed by atoms with Gasteiger partial charge in [-0.15, -0.1) is 0 Å². The molecule has 0 aliphatic carbocycles. The summed E-state index contributed by atoms with van der Waals surface area (Å²) in [4.78, 5) is 12.1. The van der Waals surface area contributed by atoms with Gasteiger partial charge in [0.15, 0.2) is 6.61 Å². The predicted octanol–water partition coefficient (Wildman–Crippen LogP) is 4.04. The second-order valence-electron chi connectivity index (χ2n) is 5.23. The number of halogens is 2. The van der Waals surface area contributed by atoms with Gasteiger partial charge in [-0.3, -0.25) is 9.48 Å². The van der Waals surface area contributed by atoms with Gasteiger partial charge in [-0.1, -0.05) is 23.2 Å². The van der Waals surface area contributed by atoms with Gasteiger partial charge in [-0.05, 0) is 46.7 Å². The molecule has 2 heterocycles. The summed E-state index contributed by atoms with van der Waals surface area (Å²) >= 11 is 13.5. The molecule has 0 unspecified atom stereocenters. The van der Waals surface area contributed by atoms with Crippen LogP contribution in [0.15, 0.2) is 53.5 Å². The molecule has 8 heteroatoms. The number of nitrogens with one attached hydrogen (secondary N) is 1. The first kappa shape index (κ1) is 17.8. The minimum Gasteiger partial charge on any atom is -0.482 e. The minimum absolute atomic E-state index is 0.0654. The molecular formula is C17H15Cl2N3O2S. The van der Waals surface area contributed by atoms with Crippen LogP contribution < -0.4 is 10.1 Å². The van der Waals surface area contributed by atoms with Gasteiger partial charge in [0.1, 0.15) is 5.75 Å². The van der Waals surface area contributed by atoms with E-state index >= 15 is 0 Å². The lowest BCUT2D eigenvalue weighted by atomic mass is 10.1. The van der Waals surface area contributed by atoms with E-state index in [1.807, 2.05) is 33.8 Å². The Hall–Kier alpha value is -2.02. The lowest BCUT2D eigenvalue weighted by molar-refractivity contribution is -0.123. The predicted molar refractivity (Wildman–Crippen MR) is 99.7 cm³/mol. The van der Waals surface area contributed by atoms with Crippen LogP contribution in [0.25, 0.3) is 0 Å². The Labute approximate surface area is 159 Å². The molecule has 1 atom stereocenters. The molecular weight excluding hydrogens is 381 g/mol. The maximum absolute atomic E-state index is 12.1. The second kappa shape index (κ2) is 8.38. The number of thiophene rings is 1. The fourth-order valence-electron chi connectivity index (χ4n) is 2.29. The summed E-state index contributed by atoms with van der Waals surface area (Å²) in [6, 6.07) is 8.67. The molecule has 2 aromatic heterocycles. The van der Waals surface area contributed by atoms with Crippen molar-refractivity contribution in [1.82, 2.24) is 15.1 Å². The molecule has 0 bridgehead atoms. The standard InChI is InChI=1S/C17H15Cl2N3O2S/c18-13-2-3-16(14(19)8-13)24-10-17(23)20-9-15(12-4-7-25-11-12)22-6-1-5-21-22/h1-8,11,15H,9-10H2,(H,20,23)/t15-/m1/s1. The number of rotatable bonds is 7. The molecule has 0 aliphatic rings. The van der Waals surface area contributed by atoms with Crippen LogP contribution in [0, 0.1) is 0 Å². The van der Waals surface area contributed by atoms with Crippen molar-refractivity contribution in [3.05, 3.63) is 69.1 Å². The van der Waals surface area contributed by atoms with Crippen molar-refractivity contribution in [2.45, 2.75) is 6.04 Å². The number of hydrogen-bond donors (Lipinski definition) is 1. The molecule has 130 valence electrons. The second-order valence-corrected chi connectivity index (χ2v) is 6.85. The topological polar surface area (TPSA) is 56.1 Å². The Bertz CT molecular complexity index is 788. The average Bonchev–Trinajstić information content (AvgIpc) is 3.28. The van der Waals surface area contributed by atoms with Gasteiger partial charge < -0.3 is 10.1 Å². The van der Waals surface area contributed by atoms with E-state index in [0.717, 1.165) is 5.56 Å². The highest BCUT2D eigenvalue weighted by Crippen LogP contribution is 2.27. The molecule has 3 rings (SSSR count). The highest BCUT2D eigenvalue weighted by atomic mass is 35.5.